The lowest BCUT2D eigenvalue weighted by Gasteiger charge is -2.48. The van der Waals surface area contributed by atoms with Crippen LogP contribution in [-0.4, -0.2) is 121 Å². The van der Waals surface area contributed by atoms with Gasteiger partial charge in [0.2, 0.25) is 11.8 Å². The van der Waals surface area contributed by atoms with Gasteiger partial charge in [-0.15, -0.1) is 11.8 Å². The third-order valence-corrected chi connectivity index (χ3v) is 12.4. The Morgan fingerprint density at radius 1 is 1.09 bits per heavy atom. The average Bonchev–Trinajstić information content (AvgIpc) is 3.44. The summed E-state index contributed by atoms with van der Waals surface area (Å²) < 4.78 is 12.3. The van der Waals surface area contributed by atoms with E-state index in [-0.39, 0.29) is 58.2 Å². The summed E-state index contributed by atoms with van der Waals surface area (Å²) in [4.78, 5) is 81.0. The number of ether oxygens (including phenoxy) is 2. The first-order valence-corrected chi connectivity index (χ1v) is 19.4. The molecule has 7 rings (SSSR count). The molecule has 2 aromatic rings. The Bertz CT molecular complexity index is 2110. The van der Waals surface area contributed by atoms with Crippen LogP contribution in [0, 0.1) is 12.8 Å². The third kappa shape index (κ3) is 6.62. The molecule has 0 spiro atoms. The molecule has 9 atom stereocenters. The number of fused-ring (bicyclic) bond motifs is 2. The van der Waals surface area contributed by atoms with Crippen LogP contribution in [0.5, 0.6) is 0 Å². The average molecular weight is 791 g/mol. The van der Waals surface area contributed by atoms with Crippen LogP contribution < -0.4 is 10.2 Å². The number of hydrogen-bond donors (Lipinski definition) is 6. The zero-order valence-corrected chi connectivity index (χ0v) is 31.6. The zero-order valence-electron chi connectivity index (χ0n) is 30.8. The minimum Gasteiger partial charge on any atom is -0.507 e. The van der Waals surface area contributed by atoms with Gasteiger partial charge in [-0.2, -0.15) is 0 Å². The number of Topliss-reactive ketones (excluding diaryl/α,β-unsaturated/α-hetero) is 3. The van der Waals surface area contributed by atoms with E-state index in [1.807, 2.05) is 6.92 Å². The van der Waals surface area contributed by atoms with E-state index in [9.17, 15) is 54.3 Å². The lowest BCUT2D eigenvalue weighted by Crippen LogP contribution is -2.59. The lowest BCUT2D eigenvalue weighted by molar-refractivity contribution is -0.257. The minimum atomic E-state index is -2.32. The minimum absolute atomic E-state index is 0.0255. The number of allylic oxidation sites excluding steroid dienone is 1. The van der Waals surface area contributed by atoms with E-state index in [0.29, 0.717) is 11.3 Å². The normalized spacial score (nSPS) is 31.7. The van der Waals surface area contributed by atoms with Gasteiger partial charge in [0, 0.05) is 53.9 Å². The Kier molecular flexibility index (Phi) is 10.7. The summed E-state index contributed by atoms with van der Waals surface area (Å²) in [5.74, 6) is -5.11. The van der Waals surface area contributed by atoms with Gasteiger partial charge in [0.05, 0.1) is 40.9 Å². The van der Waals surface area contributed by atoms with Crippen molar-refractivity contribution in [3.05, 3.63) is 87.2 Å². The van der Waals surface area contributed by atoms with Crippen molar-refractivity contribution in [1.29, 1.82) is 0 Å². The molecule has 4 unspecified atom stereocenters. The summed E-state index contributed by atoms with van der Waals surface area (Å²) in [7, 11) is 0. The van der Waals surface area contributed by atoms with Crippen molar-refractivity contribution < 1.29 is 63.8 Å². The van der Waals surface area contributed by atoms with Gasteiger partial charge in [-0.1, -0.05) is 31.2 Å². The smallest absolute Gasteiger partial charge is 0.251 e. The summed E-state index contributed by atoms with van der Waals surface area (Å²) in [5, 5.41) is 58.2. The second-order valence-electron chi connectivity index (χ2n) is 14.8. The molecule has 2 aliphatic heterocycles. The molecule has 0 radical (unpaired) electrons. The molecule has 0 aromatic heterocycles. The molecule has 2 saturated heterocycles. The van der Waals surface area contributed by atoms with Gasteiger partial charge < -0.3 is 40.3 Å². The Balaban J connectivity index is 1.15. The maximum atomic E-state index is 13.9. The number of hydrogen-bond acceptors (Lipinski definition) is 14. The highest BCUT2D eigenvalue weighted by Crippen LogP contribution is 2.50. The number of amides is 3. The van der Waals surface area contributed by atoms with E-state index in [4.69, 9.17) is 9.47 Å². The van der Waals surface area contributed by atoms with E-state index in [1.165, 1.54) is 43.0 Å². The predicted molar refractivity (Wildman–Crippen MR) is 199 cm³/mol. The van der Waals surface area contributed by atoms with Gasteiger partial charge in [-0.05, 0) is 48.9 Å². The number of rotatable bonds is 9. The SMILES string of the molecule is CCSC1CC(=O)N(c2cccc(C(=O)N[C@H]3CC(O[C@H]4C[C@](O)(C(=O)CO)CC5=C(O)C6=C(C(=O)c7c(C)cccc7C6=O)C(O)C54)O[C@@H](C)[C@H]3O)c2)C1=O. The van der Waals surface area contributed by atoms with Gasteiger partial charge >= 0.3 is 0 Å². The number of nitrogens with zero attached hydrogens (tertiary/aromatic N) is 1. The lowest BCUT2D eigenvalue weighted by atomic mass is 9.63. The number of anilines is 1. The molecule has 56 heavy (non-hydrogen) atoms. The molecular formula is C40H42N2O13S. The standard InChI is InChI=1S/C40H42N2O13S/c1-4-56-25-13-27(45)42(39(25)52)20-9-6-8-19(11-20)38(51)41-23-12-28(54-18(3)33(23)46)55-24-15-40(53,26(44)16-43)14-22-30(24)37(50)32-31(35(22)48)34(47)21-10-5-7-17(2)29(21)36(32)49/h5-11,18,23-25,28,30,33,37,43,46,48,50,53H,4,12-16H2,1-3H3,(H,41,51)/t18-,23-,24-,25?,28?,30?,33+,37?,40-/m0/s1. The second kappa shape index (κ2) is 15.1. The Hall–Kier alpha value is -4.55. The number of aliphatic hydroxyl groups is 5. The van der Waals surface area contributed by atoms with Crippen LogP contribution in [0.3, 0.4) is 0 Å². The fraction of sp³-hybridized carbons (Fsp3) is 0.450. The van der Waals surface area contributed by atoms with Gasteiger partial charge in [0.1, 0.15) is 24.1 Å². The molecule has 1 saturated carbocycles. The van der Waals surface area contributed by atoms with E-state index in [1.54, 1.807) is 25.1 Å². The molecule has 2 aromatic carbocycles. The molecule has 296 valence electrons. The van der Waals surface area contributed by atoms with Crippen LogP contribution in [0.2, 0.25) is 0 Å². The van der Waals surface area contributed by atoms with E-state index < -0.39 is 108 Å². The fourth-order valence-electron chi connectivity index (χ4n) is 8.56. The van der Waals surface area contributed by atoms with Gasteiger partial charge in [0.15, 0.2) is 23.6 Å². The number of nitrogens with one attached hydrogen (secondary N) is 1. The predicted octanol–water partition coefficient (Wildman–Crippen LogP) is 1.62. The van der Waals surface area contributed by atoms with Crippen LogP contribution in [0.4, 0.5) is 5.69 Å². The first-order valence-electron chi connectivity index (χ1n) is 18.4. The molecule has 3 fully saturated rings. The molecule has 0 bridgehead atoms. The summed E-state index contributed by atoms with van der Waals surface area (Å²) in [5.41, 5.74) is -2.34. The molecule has 3 aliphatic carbocycles. The van der Waals surface area contributed by atoms with E-state index in [0.717, 1.165) is 4.90 Å². The zero-order chi connectivity index (χ0) is 40.4. The van der Waals surface area contributed by atoms with Crippen LogP contribution in [0.1, 0.15) is 76.2 Å². The summed E-state index contributed by atoms with van der Waals surface area (Å²) >= 11 is 1.36. The van der Waals surface area contributed by atoms with Crippen LogP contribution in [-0.2, 0) is 23.9 Å². The van der Waals surface area contributed by atoms with Crippen molar-refractivity contribution >= 4 is 52.5 Å². The molecular weight excluding hydrogens is 749 g/mol. The van der Waals surface area contributed by atoms with Crippen molar-refractivity contribution in [1.82, 2.24) is 5.32 Å². The third-order valence-electron chi connectivity index (χ3n) is 11.3. The van der Waals surface area contributed by atoms with Gasteiger partial charge in [-0.3, -0.25) is 28.8 Å². The highest BCUT2D eigenvalue weighted by Gasteiger charge is 2.56. The summed E-state index contributed by atoms with van der Waals surface area (Å²) in [6.07, 6.45) is -7.81. The number of ketones is 3. The van der Waals surface area contributed by atoms with E-state index >= 15 is 0 Å². The number of aryl methyl sites for hydroxylation is 1. The van der Waals surface area contributed by atoms with Crippen molar-refractivity contribution in [2.45, 2.75) is 94.1 Å². The van der Waals surface area contributed by atoms with Crippen LogP contribution in [0.25, 0.3) is 0 Å². The number of carbonyl (C=O) groups excluding carboxylic acids is 6. The maximum absolute atomic E-state index is 13.9. The molecule has 3 amide bonds. The highest BCUT2D eigenvalue weighted by atomic mass is 32.2. The largest absolute Gasteiger partial charge is 0.507 e. The van der Waals surface area contributed by atoms with Crippen molar-refractivity contribution in [3.8, 4) is 0 Å². The molecule has 5 aliphatic rings. The van der Waals surface area contributed by atoms with Crippen molar-refractivity contribution in [2.24, 2.45) is 5.92 Å². The number of carbonyl (C=O) groups is 6. The molecule has 16 heteroatoms. The topological polar surface area (TPSA) is 237 Å². The molecule has 15 nitrogen and oxygen atoms in total. The number of benzene rings is 2. The number of imide groups is 1. The van der Waals surface area contributed by atoms with Gasteiger partial charge in [-0.25, -0.2) is 4.90 Å². The molecule has 2 heterocycles. The van der Waals surface area contributed by atoms with E-state index in [2.05, 4.69) is 5.32 Å². The monoisotopic (exact) mass is 790 g/mol. The summed E-state index contributed by atoms with van der Waals surface area (Å²) in [6.45, 7) is 3.98. The van der Waals surface area contributed by atoms with Crippen molar-refractivity contribution in [3.63, 3.8) is 0 Å². The fourth-order valence-corrected chi connectivity index (χ4v) is 9.47. The highest BCUT2D eigenvalue weighted by molar-refractivity contribution is 8.00. The first kappa shape index (κ1) is 39.7. The Morgan fingerprint density at radius 2 is 1.82 bits per heavy atom. The number of aliphatic hydroxyl groups excluding tert-OH is 4. The summed E-state index contributed by atoms with van der Waals surface area (Å²) in [6, 6.07) is 9.60. The Labute approximate surface area is 325 Å². The second-order valence-corrected chi connectivity index (χ2v) is 16.3. The quantitative estimate of drug-likeness (QED) is 0.198. The maximum Gasteiger partial charge on any atom is 0.251 e. The van der Waals surface area contributed by atoms with Crippen molar-refractivity contribution in [2.75, 3.05) is 17.3 Å². The van der Waals surface area contributed by atoms with Gasteiger partial charge in [0.25, 0.3) is 5.91 Å². The van der Waals surface area contributed by atoms with Crippen LogP contribution in [0.15, 0.2) is 64.9 Å². The first-order chi connectivity index (χ1) is 26.6. The Morgan fingerprint density at radius 3 is 2.54 bits per heavy atom. The molecule has 6 N–H and O–H groups in total. The van der Waals surface area contributed by atoms with Crippen LogP contribution >= 0.6 is 11.8 Å². The number of thioether (sulfide) groups is 1.